The highest BCUT2D eigenvalue weighted by Gasteiger charge is 2.28. The number of hydrogen-bond acceptors (Lipinski definition) is 5. The number of hydrogen-bond donors (Lipinski definition) is 1. The van der Waals surface area contributed by atoms with Crippen LogP contribution in [0.25, 0.3) is 0 Å². The van der Waals surface area contributed by atoms with Crippen molar-refractivity contribution in [3.05, 3.63) is 40.7 Å². The third-order valence-corrected chi connectivity index (χ3v) is 5.39. The minimum Gasteiger partial charge on any atom is -0.353 e. The predicted molar refractivity (Wildman–Crippen MR) is 109 cm³/mol. The highest BCUT2D eigenvalue weighted by atomic mass is 35.5. The maximum atomic E-state index is 12.6. The molecule has 0 spiro atoms. The molecular weight excluding hydrogens is 364 g/mol. The molecule has 0 aliphatic carbocycles. The van der Waals surface area contributed by atoms with Crippen molar-refractivity contribution in [2.75, 3.05) is 38.0 Å². The number of carbonyl (C=O) groups is 1. The van der Waals surface area contributed by atoms with E-state index in [4.69, 9.17) is 11.6 Å². The maximum absolute atomic E-state index is 12.6. The molecule has 1 N–H and O–H groups in total. The topological polar surface area (TPSA) is 63.5 Å². The van der Waals surface area contributed by atoms with E-state index in [0.717, 1.165) is 42.5 Å². The third kappa shape index (κ3) is 3.64. The average molecular weight is 387 g/mol. The summed E-state index contributed by atoms with van der Waals surface area (Å²) in [6.07, 6.45) is 3.91. The van der Waals surface area contributed by atoms with Crippen molar-refractivity contribution >= 4 is 35.5 Å². The number of nitrogens with zero attached hydrogens (tertiary/aromatic N) is 5. The van der Waals surface area contributed by atoms with Crippen LogP contribution in [0, 0.1) is 6.92 Å². The van der Waals surface area contributed by atoms with E-state index < -0.39 is 0 Å². The van der Waals surface area contributed by atoms with Crippen LogP contribution in [0.2, 0.25) is 5.02 Å². The molecule has 1 saturated heterocycles. The van der Waals surface area contributed by atoms with Gasteiger partial charge in [0.2, 0.25) is 0 Å². The largest absolute Gasteiger partial charge is 0.353 e. The zero-order valence-corrected chi connectivity index (χ0v) is 16.3. The SMILES string of the molecule is Cc1cc(Cl)ccc1NC(=O)N1CCN(C2=CC3=NCC(C)N3C=N2)CC1. The van der Waals surface area contributed by atoms with Crippen LogP contribution >= 0.6 is 11.6 Å². The minimum absolute atomic E-state index is 0.0821. The van der Waals surface area contributed by atoms with E-state index in [0.29, 0.717) is 24.2 Å². The summed E-state index contributed by atoms with van der Waals surface area (Å²) < 4.78 is 0. The van der Waals surface area contributed by atoms with Crippen LogP contribution in [0.4, 0.5) is 10.5 Å². The number of carbonyl (C=O) groups excluding carboxylic acids is 1. The van der Waals surface area contributed by atoms with Crippen molar-refractivity contribution in [2.24, 2.45) is 9.98 Å². The predicted octanol–water partition coefficient (Wildman–Crippen LogP) is 2.78. The first-order valence-corrected chi connectivity index (χ1v) is 9.55. The van der Waals surface area contributed by atoms with Crippen LogP contribution in [0.1, 0.15) is 12.5 Å². The van der Waals surface area contributed by atoms with Crippen LogP contribution < -0.4 is 5.32 Å². The molecule has 0 saturated carbocycles. The number of piperazine rings is 1. The van der Waals surface area contributed by atoms with E-state index in [-0.39, 0.29) is 6.03 Å². The highest BCUT2D eigenvalue weighted by Crippen LogP contribution is 2.21. The molecule has 0 aromatic heterocycles. The monoisotopic (exact) mass is 386 g/mol. The zero-order valence-electron chi connectivity index (χ0n) is 15.5. The second-order valence-corrected chi connectivity index (χ2v) is 7.50. The van der Waals surface area contributed by atoms with Crippen LogP contribution in [-0.4, -0.2) is 71.7 Å². The van der Waals surface area contributed by atoms with E-state index in [1.54, 1.807) is 6.07 Å². The van der Waals surface area contributed by atoms with Gasteiger partial charge in [-0.3, -0.25) is 4.99 Å². The number of halogens is 1. The first-order chi connectivity index (χ1) is 13.0. The zero-order chi connectivity index (χ0) is 19.0. The number of aliphatic imine (C=N–C) groups is 2. The molecule has 3 aliphatic heterocycles. The first-order valence-electron chi connectivity index (χ1n) is 9.17. The molecule has 1 unspecified atom stereocenters. The molecule has 0 bridgehead atoms. The number of fused-ring (bicyclic) bond motifs is 1. The molecule has 8 heteroatoms. The lowest BCUT2D eigenvalue weighted by molar-refractivity contribution is 0.166. The average Bonchev–Trinajstić information content (AvgIpc) is 3.04. The van der Waals surface area contributed by atoms with Crippen molar-refractivity contribution < 1.29 is 4.79 Å². The molecule has 1 atom stereocenters. The molecule has 3 heterocycles. The lowest BCUT2D eigenvalue weighted by Gasteiger charge is -2.37. The first kappa shape index (κ1) is 17.9. The molecule has 27 heavy (non-hydrogen) atoms. The standard InChI is InChI=1S/C19H23ClN6O/c1-13-9-15(20)3-4-16(13)23-19(27)25-7-5-24(6-8-25)17-10-18-21-11-14(2)26(18)12-22-17/h3-4,9-10,12,14H,5-8,11H2,1-2H3,(H,23,27). The van der Waals surface area contributed by atoms with Crippen LogP contribution in [0.5, 0.6) is 0 Å². The fourth-order valence-corrected chi connectivity index (χ4v) is 3.69. The summed E-state index contributed by atoms with van der Waals surface area (Å²) in [5.74, 6) is 1.90. The van der Waals surface area contributed by atoms with Crippen molar-refractivity contribution in [1.82, 2.24) is 14.7 Å². The molecule has 2 amide bonds. The highest BCUT2D eigenvalue weighted by molar-refractivity contribution is 6.30. The Morgan fingerprint density at radius 2 is 2.04 bits per heavy atom. The van der Waals surface area contributed by atoms with Gasteiger partial charge in [0, 0.05) is 43.0 Å². The molecule has 0 radical (unpaired) electrons. The Balaban J connectivity index is 1.34. The number of aryl methyl sites for hydroxylation is 1. The fraction of sp³-hybridized carbons (Fsp3) is 0.421. The number of benzene rings is 1. The van der Waals surface area contributed by atoms with Gasteiger partial charge < -0.3 is 20.0 Å². The van der Waals surface area contributed by atoms with Gasteiger partial charge in [-0.2, -0.15) is 0 Å². The van der Waals surface area contributed by atoms with E-state index in [1.165, 1.54) is 0 Å². The number of urea groups is 1. The second-order valence-electron chi connectivity index (χ2n) is 7.07. The van der Waals surface area contributed by atoms with Crippen LogP contribution in [0.3, 0.4) is 0 Å². The lowest BCUT2D eigenvalue weighted by Crippen LogP contribution is -2.50. The second kappa shape index (κ2) is 7.23. The molecule has 1 aromatic carbocycles. The number of anilines is 1. The summed E-state index contributed by atoms with van der Waals surface area (Å²) in [6, 6.07) is 5.76. The van der Waals surface area contributed by atoms with Crippen molar-refractivity contribution in [3.63, 3.8) is 0 Å². The van der Waals surface area contributed by atoms with E-state index in [1.807, 2.05) is 36.4 Å². The quantitative estimate of drug-likeness (QED) is 0.850. The van der Waals surface area contributed by atoms with Gasteiger partial charge in [-0.25, -0.2) is 9.79 Å². The number of rotatable bonds is 2. The Labute approximate surface area is 164 Å². The molecular formula is C19H23ClN6O. The molecule has 1 aromatic rings. The summed E-state index contributed by atoms with van der Waals surface area (Å²) in [5, 5.41) is 3.64. The number of nitrogens with one attached hydrogen (secondary N) is 1. The summed E-state index contributed by atoms with van der Waals surface area (Å²) in [6.45, 7) is 7.68. The maximum Gasteiger partial charge on any atom is 0.321 e. The van der Waals surface area contributed by atoms with Gasteiger partial charge in [0.25, 0.3) is 0 Å². The molecule has 1 fully saturated rings. The van der Waals surface area contributed by atoms with Gasteiger partial charge in [-0.1, -0.05) is 11.6 Å². The van der Waals surface area contributed by atoms with Crippen molar-refractivity contribution in [1.29, 1.82) is 0 Å². The number of amides is 2. The third-order valence-electron chi connectivity index (χ3n) is 5.15. The van der Waals surface area contributed by atoms with E-state index in [9.17, 15) is 4.79 Å². The lowest BCUT2D eigenvalue weighted by atomic mass is 10.2. The molecule has 4 rings (SSSR count). The molecule has 3 aliphatic rings. The summed E-state index contributed by atoms with van der Waals surface area (Å²) in [5.41, 5.74) is 1.74. The summed E-state index contributed by atoms with van der Waals surface area (Å²) in [4.78, 5) is 27.8. The summed E-state index contributed by atoms with van der Waals surface area (Å²) in [7, 11) is 0. The Morgan fingerprint density at radius 1 is 1.26 bits per heavy atom. The van der Waals surface area contributed by atoms with Crippen LogP contribution in [-0.2, 0) is 0 Å². The number of amidine groups is 1. The van der Waals surface area contributed by atoms with Gasteiger partial charge in [-0.15, -0.1) is 0 Å². The Hall–Kier alpha value is -2.54. The normalized spacial score (nSPS) is 21.7. The Kier molecular flexibility index (Phi) is 4.78. The van der Waals surface area contributed by atoms with E-state index >= 15 is 0 Å². The van der Waals surface area contributed by atoms with Crippen molar-refractivity contribution in [2.45, 2.75) is 19.9 Å². The van der Waals surface area contributed by atoms with Gasteiger partial charge >= 0.3 is 6.03 Å². The molecule has 7 nitrogen and oxygen atoms in total. The Bertz CT molecular complexity index is 841. The van der Waals surface area contributed by atoms with E-state index in [2.05, 4.69) is 32.0 Å². The van der Waals surface area contributed by atoms with Gasteiger partial charge in [0.1, 0.15) is 11.7 Å². The fourth-order valence-electron chi connectivity index (χ4n) is 3.46. The van der Waals surface area contributed by atoms with Crippen molar-refractivity contribution in [3.8, 4) is 0 Å². The van der Waals surface area contributed by atoms with Crippen LogP contribution in [0.15, 0.2) is 40.1 Å². The molecule has 142 valence electrons. The Morgan fingerprint density at radius 3 is 2.78 bits per heavy atom. The van der Waals surface area contributed by atoms with Gasteiger partial charge in [0.05, 0.1) is 18.9 Å². The minimum atomic E-state index is -0.0821. The van der Waals surface area contributed by atoms with Gasteiger partial charge in [0.15, 0.2) is 0 Å². The smallest absolute Gasteiger partial charge is 0.321 e. The van der Waals surface area contributed by atoms with Gasteiger partial charge in [-0.05, 0) is 37.6 Å². The summed E-state index contributed by atoms with van der Waals surface area (Å²) >= 11 is 5.98.